The summed E-state index contributed by atoms with van der Waals surface area (Å²) in [4.78, 5) is 3.77. The van der Waals surface area contributed by atoms with E-state index in [9.17, 15) is 9.50 Å². The molecule has 1 aromatic heterocycles. The van der Waals surface area contributed by atoms with Crippen LogP contribution < -0.4 is 0 Å². The van der Waals surface area contributed by atoms with Crippen molar-refractivity contribution in [2.45, 2.75) is 25.8 Å². The van der Waals surface area contributed by atoms with E-state index >= 15 is 0 Å². The van der Waals surface area contributed by atoms with Gasteiger partial charge in [0, 0.05) is 10.6 Å². The number of aliphatic hydroxyl groups is 1. The van der Waals surface area contributed by atoms with E-state index in [1.807, 2.05) is 6.92 Å². The highest BCUT2D eigenvalue weighted by Gasteiger charge is 2.20. The molecule has 4 nitrogen and oxygen atoms in total. The first-order valence-electron chi connectivity index (χ1n) is 6.25. The van der Waals surface area contributed by atoms with Crippen molar-refractivity contribution in [3.8, 4) is 11.4 Å². The monoisotopic (exact) mass is 317 g/mol. The van der Waals surface area contributed by atoms with Gasteiger partial charge in [-0.15, -0.1) is 5.10 Å². The van der Waals surface area contributed by atoms with E-state index in [1.54, 1.807) is 18.2 Å². The Hall–Kier alpha value is -1.17. The molecule has 108 valence electrons. The second-order valence-corrected chi connectivity index (χ2v) is 5.24. The molecule has 2 aromatic rings. The third-order valence-corrected chi connectivity index (χ3v) is 3.50. The van der Waals surface area contributed by atoms with Crippen LogP contribution in [0.25, 0.3) is 11.4 Å². The summed E-state index contributed by atoms with van der Waals surface area (Å²) in [6.45, 7) is 1.83. The van der Waals surface area contributed by atoms with Gasteiger partial charge >= 0.3 is 6.08 Å². The Kier molecular flexibility index (Phi) is 4.96. The van der Waals surface area contributed by atoms with Gasteiger partial charge in [0.2, 0.25) is 0 Å². The maximum atomic E-state index is 13.4. The summed E-state index contributed by atoms with van der Waals surface area (Å²) in [5.41, 5.74) is 0.530. The van der Waals surface area contributed by atoms with Crippen LogP contribution in [-0.4, -0.2) is 26.5 Å². The zero-order valence-corrected chi connectivity index (χ0v) is 12.4. The van der Waals surface area contributed by atoms with Crippen molar-refractivity contribution in [3.05, 3.63) is 34.3 Å². The average Bonchev–Trinajstić information content (AvgIpc) is 2.77. The van der Waals surface area contributed by atoms with E-state index in [2.05, 4.69) is 10.1 Å². The summed E-state index contributed by atoms with van der Waals surface area (Å²) < 4.78 is 14.8. The Labute approximate surface area is 126 Å². The van der Waals surface area contributed by atoms with Crippen molar-refractivity contribution in [2.75, 3.05) is 6.61 Å². The van der Waals surface area contributed by atoms with Crippen LogP contribution in [-0.2, 0) is 0 Å². The molecule has 0 bridgehead atoms. The second kappa shape index (κ2) is 6.52. The minimum absolute atomic E-state index is 0.144. The number of halogens is 3. The molecule has 0 fully saturated rings. The maximum absolute atomic E-state index is 13.4. The van der Waals surface area contributed by atoms with E-state index in [0.717, 1.165) is 6.42 Å². The number of benzene rings is 1. The third-order valence-electron chi connectivity index (χ3n) is 2.96. The minimum atomic E-state index is -0.847. The molecule has 0 aliphatic rings. The first kappa shape index (κ1) is 15.2. The highest BCUT2D eigenvalue weighted by Crippen LogP contribution is 2.31. The topological polar surface area (TPSA) is 50.9 Å². The standard InChI is InChI=1S/C13H14Cl2FN3O/c1-2-3-9(7-20)19-12(17-13(16)18-19)10-5-4-8(14)6-11(10)15/h4-6,9,20H,2-3,7H2,1H3. The summed E-state index contributed by atoms with van der Waals surface area (Å²) in [5, 5.41) is 14.0. The highest BCUT2D eigenvalue weighted by molar-refractivity contribution is 6.36. The molecule has 1 heterocycles. The quantitative estimate of drug-likeness (QED) is 0.914. The van der Waals surface area contributed by atoms with Gasteiger partial charge in [0.05, 0.1) is 17.7 Å². The fourth-order valence-corrected chi connectivity index (χ4v) is 2.52. The summed E-state index contributed by atoms with van der Waals surface area (Å²) in [6.07, 6.45) is 0.651. The maximum Gasteiger partial charge on any atom is 0.327 e. The van der Waals surface area contributed by atoms with E-state index in [-0.39, 0.29) is 18.5 Å². The molecule has 0 aliphatic carbocycles. The van der Waals surface area contributed by atoms with E-state index < -0.39 is 6.08 Å². The van der Waals surface area contributed by atoms with Crippen molar-refractivity contribution in [1.29, 1.82) is 0 Å². The normalized spacial score (nSPS) is 12.7. The summed E-state index contributed by atoms with van der Waals surface area (Å²) >= 11 is 12.0. The number of aromatic nitrogens is 3. The molecule has 7 heteroatoms. The molecule has 0 amide bonds. The Bertz CT molecular complexity index is 603. The fourth-order valence-electron chi connectivity index (χ4n) is 2.03. The first-order chi connectivity index (χ1) is 9.56. The SMILES string of the molecule is CCCC(CO)n1nc(F)nc1-c1ccc(Cl)cc1Cl. The van der Waals surface area contributed by atoms with Crippen LogP contribution >= 0.6 is 23.2 Å². The molecule has 0 saturated heterocycles. The number of hydrogen-bond acceptors (Lipinski definition) is 3. The number of aliphatic hydroxyl groups excluding tert-OH is 1. The van der Waals surface area contributed by atoms with Crippen molar-refractivity contribution in [1.82, 2.24) is 14.8 Å². The predicted octanol–water partition coefficient (Wildman–Crippen LogP) is 3.72. The zero-order valence-electron chi connectivity index (χ0n) is 10.9. The van der Waals surface area contributed by atoms with E-state index in [1.165, 1.54) is 4.68 Å². The molecule has 0 aliphatic heterocycles. The molecular formula is C13H14Cl2FN3O. The van der Waals surface area contributed by atoms with Gasteiger partial charge < -0.3 is 5.11 Å². The molecule has 20 heavy (non-hydrogen) atoms. The number of hydrogen-bond donors (Lipinski definition) is 1. The van der Waals surface area contributed by atoms with Gasteiger partial charge in [-0.1, -0.05) is 36.5 Å². The smallest absolute Gasteiger partial charge is 0.327 e. The lowest BCUT2D eigenvalue weighted by atomic mass is 10.1. The Morgan fingerprint density at radius 3 is 2.75 bits per heavy atom. The second-order valence-electron chi connectivity index (χ2n) is 4.40. The van der Waals surface area contributed by atoms with Crippen molar-refractivity contribution < 1.29 is 9.50 Å². The molecule has 1 unspecified atom stereocenters. The van der Waals surface area contributed by atoms with Crippen molar-refractivity contribution in [3.63, 3.8) is 0 Å². The van der Waals surface area contributed by atoms with Crippen LogP contribution in [0.5, 0.6) is 0 Å². The number of nitrogens with zero attached hydrogens (tertiary/aromatic N) is 3. The number of rotatable bonds is 5. The predicted molar refractivity (Wildman–Crippen MR) is 76.5 cm³/mol. The largest absolute Gasteiger partial charge is 0.394 e. The van der Waals surface area contributed by atoms with Crippen LogP contribution in [0.2, 0.25) is 10.0 Å². The van der Waals surface area contributed by atoms with Gasteiger partial charge in [-0.25, -0.2) is 4.68 Å². The average molecular weight is 318 g/mol. The van der Waals surface area contributed by atoms with Crippen LogP contribution in [0, 0.1) is 6.08 Å². The minimum Gasteiger partial charge on any atom is -0.394 e. The molecule has 0 radical (unpaired) electrons. The van der Waals surface area contributed by atoms with Gasteiger partial charge in [0.15, 0.2) is 5.82 Å². The molecule has 2 rings (SSSR count). The van der Waals surface area contributed by atoms with Gasteiger partial charge in [0.25, 0.3) is 0 Å². The van der Waals surface area contributed by atoms with Crippen LogP contribution in [0.1, 0.15) is 25.8 Å². The van der Waals surface area contributed by atoms with E-state index in [4.69, 9.17) is 23.2 Å². The van der Waals surface area contributed by atoms with Crippen molar-refractivity contribution in [2.24, 2.45) is 0 Å². The van der Waals surface area contributed by atoms with Crippen LogP contribution in [0.4, 0.5) is 4.39 Å². The zero-order chi connectivity index (χ0) is 14.7. The van der Waals surface area contributed by atoms with E-state index in [0.29, 0.717) is 22.0 Å². The van der Waals surface area contributed by atoms with Crippen LogP contribution in [0.3, 0.4) is 0 Å². The summed E-state index contributed by atoms with van der Waals surface area (Å²) in [5.74, 6) is 0.289. The Morgan fingerprint density at radius 1 is 1.40 bits per heavy atom. The highest BCUT2D eigenvalue weighted by atomic mass is 35.5. The summed E-state index contributed by atoms with van der Waals surface area (Å²) in [6, 6.07) is 4.53. The fraction of sp³-hybridized carbons (Fsp3) is 0.385. The lowest BCUT2D eigenvalue weighted by molar-refractivity contribution is 0.209. The van der Waals surface area contributed by atoms with Crippen molar-refractivity contribution >= 4 is 23.2 Å². The molecule has 1 atom stereocenters. The molecule has 0 saturated carbocycles. The molecular weight excluding hydrogens is 304 g/mol. The lowest BCUT2D eigenvalue weighted by Crippen LogP contribution is -2.16. The van der Waals surface area contributed by atoms with Gasteiger partial charge in [-0.3, -0.25) is 0 Å². The molecule has 0 spiro atoms. The Morgan fingerprint density at radius 2 is 2.15 bits per heavy atom. The van der Waals surface area contributed by atoms with Gasteiger partial charge in [-0.05, 0) is 24.6 Å². The third kappa shape index (κ3) is 3.11. The lowest BCUT2D eigenvalue weighted by Gasteiger charge is -2.16. The summed E-state index contributed by atoms with van der Waals surface area (Å²) in [7, 11) is 0. The molecule has 1 aromatic carbocycles. The molecule has 1 N–H and O–H groups in total. The van der Waals surface area contributed by atoms with Gasteiger partial charge in [-0.2, -0.15) is 9.37 Å². The Balaban J connectivity index is 2.51. The van der Waals surface area contributed by atoms with Crippen LogP contribution in [0.15, 0.2) is 18.2 Å². The van der Waals surface area contributed by atoms with Gasteiger partial charge in [0.1, 0.15) is 0 Å². The first-order valence-corrected chi connectivity index (χ1v) is 7.00.